The van der Waals surface area contributed by atoms with E-state index >= 15 is 0 Å². The molecule has 0 aliphatic heterocycles. The molecule has 0 bridgehead atoms. The quantitative estimate of drug-likeness (QED) is 0.827. The maximum Gasteiger partial charge on any atom is 0.262 e. The van der Waals surface area contributed by atoms with Crippen LogP contribution in [-0.4, -0.2) is 12.5 Å². The van der Waals surface area contributed by atoms with Gasteiger partial charge in [-0.05, 0) is 42.2 Å². The molecule has 0 saturated heterocycles. The van der Waals surface area contributed by atoms with E-state index in [9.17, 15) is 4.79 Å². The summed E-state index contributed by atoms with van der Waals surface area (Å²) in [5.41, 5.74) is 9.15. The number of carbonyl (C=O) groups is 1. The lowest BCUT2D eigenvalue weighted by Gasteiger charge is -2.14. The van der Waals surface area contributed by atoms with Gasteiger partial charge in [0.1, 0.15) is 5.75 Å². The third kappa shape index (κ3) is 3.79. The van der Waals surface area contributed by atoms with E-state index in [2.05, 4.69) is 19.2 Å². The summed E-state index contributed by atoms with van der Waals surface area (Å²) in [5.74, 6) is 0.889. The zero-order valence-electron chi connectivity index (χ0n) is 13.2. The molecular weight excluding hydrogens is 276 g/mol. The molecule has 0 radical (unpaired) electrons. The van der Waals surface area contributed by atoms with Crippen molar-refractivity contribution in [2.24, 2.45) is 0 Å². The largest absolute Gasteiger partial charge is 0.483 e. The standard InChI is InChI=1S/C18H22N2O2/c1-12(2)14-7-4-5-10-17(14)22-11-18(21)20-16-9-6-8-15(19)13(16)3/h4-10,12H,11,19H2,1-3H3,(H,20,21). The average molecular weight is 298 g/mol. The van der Waals surface area contributed by atoms with E-state index in [4.69, 9.17) is 10.5 Å². The van der Waals surface area contributed by atoms with Gasteiger partial charge in [-0.1, -0.05) is 38.1 Å². The monoisotopic (exact) mass is 298 g/mol. The fraction of sp³-hybridized carbons (Fsp3) is 0.278. The first-order valence-electron chi connectivity index (χ1n) is 7.35. The highest BCUT2D eigenvalue weighted by molar-refractivity contribution is 5.93. The van der Waals surface area contributed by atoms with Crippen LogP contribution >= 0.6 is 0 Å². The Morgan fingerprint density at radius 1 is 1.18 bits per heavy atom. The fourth-order valence-corrected chi connectivity index (χ4v) is 2.21. The highest BCUT2D eigenvalue weighted by atomic mass is 16.5. The van der Waals surface area contributed by atoms with Crippen molar-refractivity contribution in [3.63, 3.8) is 0 Å². The molecule has 0 aliphatic carbocycles. The number of hydrogen-bond donors (Lipinski definition) is 2. The van der Waals surface area contributed by atoms with Gasteiger partial charge in [0.05, 0.1) is 0 Å². The number of anilines is 2. The number of nitrogens with one attached hydrogen (secondary N) is 1. The molecule has 22 heavy (non-hydrogen) atoms. The van der Waals surface area contributed by atoms with Crippen molar-refractivity contribution < 1.29 is 9.53 Å². The number of nitrogen functional groups attached to an aromatic ring is 1. The van der Waals surface area contributed by atoms with E-state index in [0.717, 1.165) is 16.9 Å². The van der Waals surface area contributed by atoms with Gasteiger partial charge < -0.3 is 15.8 Å². The van der Waals surface area contributed by atoms with Gasteiger partial charge >= 0.3 is 0 Å². The summed E-state index contributed by atoms with van der Waals surface area (Å²) in [4.78, 5) is 12.1. The minimum atomic E-state index is -0.202. The molecule has 0 aliphatic rings. The second-order valence-corrected chi connectivity index (χ2v) is 5.55. The minimum Gasteiger partial charge on any atom is -0.483 e. The summed E-state index contributed by atoms with van der Waals surface area (Å²) in [6.45, 7) is 6.04. The number of benzene rings is 2. The third-order valence-corrected chi connectivity index (χ3v) is 3.55. The van der Waals surface area contributed by atoms with Crippen LogP contribution in [0.5, 0.6) is 5.75 Å². The molecule has 0 spiro atoms. The Kier molecular flexibility index (Phi) is 5.04. The van der Waals surface area contributed by atoms with Gasteiger partial charge in [0.25, 0.3) is 5.91 Å². The van der Waals surface area contributed by atoms with E-state index in [0.29, 0.717) is 17.3 Å². The lowest BCUT2D eigenvalue weighted by atomic mass is 10.0. The molecule has 0 saturated carbocycles. The van der Waals surface area contributed by atoms with Gasteiger partial charge in [-0.15, -0.1) is 0 Å². The van der Waals surface area contributed by atoms with E-state index in [1.54, 1.807) is 6.07 Å². The summed E-state index contributed by atoms with van der Waals surface area (Å²) >= 11 is 0. The topological polar surface area (TPSA) is 64.3 Å². The van der Waals surface area contributed by atoms with Crippen molar-refractivity contribution in [1.82, 2.24) is 0 Å². The zero-order valence-corrected chi connectivity index (χ0v) is 13.2. The molecule has 0 aromatic heterocycles. The lowest BCUT2D eigenvalue weighted by molar-refractivity contribution is -0.118. The van der Waals surface area contributed by atoms with Crippen molar-refractivity contribution in [3.8, 4) is 5.75 Å². The number of para-hydroxylation sites is 1. The van der Waals surface area contributed by atoms with E-state index in [-0.39, 0.29) is 12.5 Å². The number of ether oxygens (including phenoxy) is 1. The second kappa shape index (κ2) is 6.98. The van der Waals surface area contributed by atoms with Crippen LogP contribution < -0.4 is 15.8 Å². The molecule has 0 unspecified atom stereocenters. The minimum absolute atomic E-state index is 0.0298. The summed E-state index contributed by atoms with van der Waals surface area (Å²) in [6.07, 6.45) is 0. The van der Waals surface area contributed by atoms with Gasteiger partial charge in [0.2, 0.25) is 0 Å². The van der Waals surface area contributed by atoms with E-state index in [1.165, 1.54) is 0 Å². The van der Waals surface area contributed by atoms with Crippen molar-refractivity contribution >= 4 is 17.3 Å². The SMILES string of the molecule is Cc1c(N)cccc1NC(=O)COc1ccccc1C(C)C. The summed E-state index contributed by atoms with van der Waals surface area (Å²) in [5, 5.41) is 2.83. The Labute approximate surface area is 131 Å². The Bertz CT molecular complexity index is 666. The number of carbonyl (C=O) groups excluding carboxylic acids is 1. The van der Waals surface area contributed by atoms with Gasteiger partial charge in [0, 0.05) is 11.4 Å². The van der Waals surface area contributed by atoms with Crippen LogP contribution in [0.4, 0.5) is 11.4 Å². The zero-order chi connectivity index (χ0) is 16.1. The first kappa shape index (κ1) is 15.9. The number of amides is 1. The van der Waals surface area contributed by atoms with Crippen LogP contribution in [0.25, 0.3) is 0 Å². The van der Waals surface area contributed by atoms with E-state index < -0.39 is 0 Å². The molecular formula is C18H22N2O2. The first-order chi connectivity index (χ1) is 10.5. The maximum atomic E-state index is 12.1. The first-order valence-corrected chi connectivity index (χ1v) is 7.35. The number of nitrogens with two attached hydrogens (primary N) is 1. The Hall–Kier alpha value is -2.49. The molecule has 116 valence electrons. The van der Waals surface area contributed by atoms with Crippen LogP contribution in [0.15, 0.2) is 42.5 Å². The van der Waals surface area contributed by atoms with Crippen molar-refractivity contribution in [1.29, 1.82) is 0 Å². The molecule has 2 aromatic carbocycles. The molecule has 2 aromatic rings. The highest BCUT2D eigenvalue weighted by Crippen LogP contribution is 2.26. The van der Waals surface area contributed by atoms with Crippen LogP contribution in [0.3, 0.4) is 0 Å². The average Bonchev–Trinajstić information content (AvgIpc) is 2.50. The normalized spacial score (nSPS) is 10.5. The predicted octanol–water partition coefficient (Wildman–Crippen LogP) is 3.72. The van der Waals surface area contributed by atoms with Crippen LogP contribution in [0, 0.1) is 6.92 Å². The summed E-state index contributed by atoms with van der Waals surface area (Å²) in [7, 11) is 0. The Morgan fingerprint density at radius 3 is 2.64 bits per heavy atom. The van der Waals surface area contributed by atoms with E-state index in [1.807, 2.05) is 43.3 Å². The lowest BCUT2D eigenvalue weighted by Crippen LogP contribution is -2.21. The molecule has 4 heteroatoms. The van der Waals surface area contributed by atoms with Crippen LogP contribution in [-0.2, 0) is 4.79 Å². The molecule has 0 heterocycles. The Morgan fingerprint density at radius 2 is 1.91 bits per heavy atom. The van der Waals surface area contributed by atoms with Crippen LogP contribution in [0.1, 0.15) is 30.9 Å². The molecule has 3 N–H and O–H groups in total. The van der Waals surface area contributed by atoms with Gasteiger partial charge in [0.15, 0.2) is 6.61 Å². The van der Waals surface area contributed by atoms with Gasteiger partial charge in [-0.3, -0.25) is 4.79 Å². The molecule has 1 amide bonds. The Balaban J connectivity index is 2.00. The number of hydrogen-bond acceptors (Lipinski definition) is 3. The predicted molar refractivity (Wildman–Crippen MR) is 90.2 cm³/mol. The van der Waals surface area contributed by atoms with Gasteiger partial charge in [-0.25, -0.2) is 0 Å². The smallest absolute Gasteiger partial charge is 0.262 e. The molecule has 0 fully saturated rings. The van der Waals surface area contributed by atoms with Crippen LogP contribution in [0.2, 0.25) is 0 Å². The third-order valence-electron chi connectivity index (χ3n) is 3.55. The molecule has 0 atom stereocenters. The molecule has 4 nitrogen and oxygen atoms in total. The van der Waals surface area contributed by atoms with Crippen molar-refractivity contribution in [2.45, 2.75) is 26.7 Å². The fourth-order valence-electron chi connectivity index (χ4n) is 2.21. The summed E-state index contributed by atoms with van der Waals surface area (Å²) < 4.78 is 5.66. The highest BCUT2D eigenvalue weighted by Gasteiger charge is 2.10. The van der Waals surface area contributed by atoms with Crippen molar-refractivity contribution in [3.05, 3.63) is 53.6 Å². The number of rotatable bonds is 5. The second-order valence-electron chi connectivity index (χ2n) is 5.55. The maximum absolute atomic E-state index is 12.1. The van der Waals surface area contributed by atoms with Gasteiger partial charge in [-0.2, -0.15) is 0 Å². The molecule has 2 rings (SSSR count). The van der Waals surface area contributed by atoms with Crippen molar-refractivity contribution in [2.75, 3.05) is 17.7 Å². The summed E-state index contributed by atoms with van der Waals surface area (Å²) in [6, 6.07) is 13.2.